The largest absolute Gasteiger partial charge is 0.374 e. The van der Waals surface area contributed by atoms with Crippen molar-refractivity contribution in [1.29, 1.82) is 0 Å². The van der Waals surface area contributed by atoms with Crippen LogP contribution in [0.3, 0.4) is 0 Å². The molecule has 3 heteroatoms. The zero-order valence-corrected chi connectivity index (χ0v) is 10.7. The first-order valence-electron chi connectivity index (χ1n) is 5.65. The van der Waals surface area contributed by atoms with E-state index in [0.29, 0.717) is 0 Å². The van der Waals surface area contributed by atoms with Crippen LogP contribution in [-0.4, -0.2) is 20.0 Å². The number of amides is 1. The van der Waals surface area contributed by atoms with Gasteiger partial charge in [0.2, 0.25) is 6.41 Å². The van der Waals surface area contributed by atoms with E-state index in [1.165, 1.54) is 29.8 Å². The first-order valence-corrected chi connectivity index (χ1v) is 5.65. The highest BCUT2D eigenvalue weighted by atomic mass is 16.1. The number of rotatable bonds is 0. The zero-order valence-electron chi connectivity index (χ0n) is 10.7. The Morgan fingerprint density at radius 2 is 1.94 bits per heavy atom. The summed E-state index contributed by atoms with van der Waals surface area (Å²) in [6.45, 7) is 7.33. The molecule has 2 N–H and O–H groups in total. The van der Waals surface area contributed by atoms with Crippen molar-refractivity contribution in [2.45, 2.75) is 27.2 Å². The smallest absolute Gasteiger partial charge is 0.204 e. The van der Waals surface area contributed by atoms with Crippen LogP contribution in [0.4, 0.5) is 5.69 Å². The Hall–Kier alpha value is -1.51. The number of hydrogen-bond acceptors (Lipinski definition) is 2. The maximum absolute atomic E-state index is 8.58. The predicted octanol–water partition coefficient (Wildman–Crippen LogP) is 2.12. The molecule has 1 amide bonds. The molecule has 0 saturated heterocycles. The third-order valence-electron chi connectivity index (χ3n) is 2.36. The average Bonchev–Trinajstić information content (AvgIpc) is 2.64. The van der Waals surface area contributed by atoms with Crippen LogP contribution < -0.4 is 10.6 Å². The van der Waals surface area contributed by atoms with Crippen LogP contribution in [0.2, 0.25) is 0 Å². The molecule has 1 aromatic carbocycles. The molecule has 1 aliphatic rings. The average molecular weight is 222 g/mol. The number of likely N-dealkylation sites (N-methyl/N-ethyl adjacent to an activating group) is 1. The van der Waals surface area contributed by atoms with Crippen molar-refractivity contribution < 1.29 is 4.79 Å². The van der Waals surface area contributed by atoms with Crippen molar-refractivity contribution >= 4 is 12.1 Å². The fourth-order valence-corrected chi connectivity index (χ4v) is 1.70. The van der Waals surface area contributed by atoms with Crippen LogP contribution >= 0.6 is 0 Å². The molecule has 0 bridgehead atoms. The summed E-state index contributed by atoms with van der Waals surface area (Å²) in [7, 11) is 2.15. The summed E-state index contributed by atoms with van der Waals surface area (Å²) in [4.78, 5) is 10.9. The van der Waals surface area contributed by atoms with Gasteiger partial charge in [0.1, 0.15) is 0 Å². The van der Waals surface area contributed by atoms with Gasteiger partial charge in [-0.2, -0.15) is 0 Å². The van der Waals surface area contributed by atoms with Crippen molar-refractivity contribution in [1.82, 2.24) is 0 Å². The van der Waals surface area contributed by atoms with Gasteiger partial charge < -0.3 is 10.6 Å². The minimum atomic E-state index is 0.250. The number of fused-ring (bicyclic) bond motifs is 1. The van der Waals surface area contributed by atoms with Crippen LogP contribution in [0.15, 0.2) is 18.2 Å². The van der Waals surface area contributed by atoms with E-state index in [1.54, 1.807) is 0 Å². The van der Waals surface area contributed by atoms with Crippen LogP contribution in [0.1, 0.15) is 25.0 Å². The fourth-order valence-electron chi connectivity index (χ4n) is 1.70. The summed E-state index contributed by atoms with van der Waals surface area (Å²) in [5.74, 6) is 0. The van der Waals surface area contributed by atoms with Gasteiger partial charge in [-0.15, -0.1) is 0 Å². The van der Waals surface area contributed by atoms with Gasteiger partial charge in [-0.1, -0.05) is 31.5 Å². The molecule has 0 saturated carbocycles. The second kappa shape index (κ2) is 7.74. The highest BCUT2D eigenvalue weighted by molar-refractivity contribution is 5.58. The lowest BCUT2D eigenvalue weighted by atomic mass is 10.1. The molecule has 0 fully saturated rings. The van der Waals surface area contributed by atoms with Crippen molar-refractivity contribution in [3.05, 3.63) is 29.3 Å². The molecule has 0 radical (unpaired) electrons. The Labute approximate surface area is 98.3 Å². The maximum Gasteiger partial charge on any atom is 0.204 e. The molecule has 0 atom stereocenters. The number of carbonyl (C=O) groups is 1. The Kier molecular flexibility index (Phi) is 7.01. The number of primary amides is 1. The van der Waals surface area contributed by atoms with Gasteiger partial charge in [-0.3, -0.25) is 4.79 Å². The predicted molar refractivity (Wildman–Crippen MR) is 69.8 cm³/mol. The second-order valence-electron chi connectivity index (χ2n) is 3.44. The lowest BCUT2D eigenvalue weighted by Crippen LogP contribution is -2.12. The molecule has 1 heterocycles. The van der Waals surface area contributed by atoms with E-state index in [0.717, 1.165) is 0 Å². The Morgan fingerprint density at radius 3 is 2.50 bits per heavy atom. The van der Waals surface area contributed by atoms with Gasteiger partial charge >= 0.3 is 0 Å². The fraction of sp³-hybridized carbons (Fsp3) is 0.462. The standard InChI is InChI=1S/C10H13N.C2H6.CH3NO/c1-8-3-4-10-9(7-8)5-6-11(10)2;1-2;2-1-3/h3-4,7H,5-6H2,1-2H3;1-2H3;1H,(H2,2,3). The minimum Gasteiger partial charge on any atom is -0.374 e. The van der Waals surface area contributed by atoms with Crippen molar-refractivity contribution in [3.63, 3.8) is 0 Å². The van der Waals surface area contributed by atoms with Gasteiger partial charge in [0.15, 0.2) is 0 Å². The summed E-state index contributed by atoms with van der Waals surface area (Å²) < 4.78 is 0. The van der Waals surface area contributed by atoms with Crippen LogP contribution in [0, 0.1) is 6.92 Å². The summed E-state index contributed by atoms with van der Waals surface area (Å²) >= 11 is 0. The van der Waals surface area contributed by atoms with Crippen molar-refractivity contribution in [2.75, 3.05) is 18.5 Å². The van der Waals surface area contributed by atoms with Gasteiger partial charge in [-0.05, 0) is 25.0 Å². The summed E-state index contributed by atoms with van der Waals surface area (Å²) in [5, 5.41) is 0. The summed E-state index contributed by atoms with van der Waals surface area (Å²) in [5.41, 5.74) is 8.46. The first kappa shape index (κ1) is 14.5. The minimum absolute atomic E-state index is 0.250. The van der Waals surface area contributed by atoms with E-state index in [1.807, 2.05) is 13.8 Å². The number of nitrogens with two attached hydrogens (primary N) is 1. The van der Waals surface area contributed by atoms with Crippen molar-refractivity contribution in [3.8, 4) is 0 Å². The highest BCUT2D eigenvalue weighted by Crippen LogP contribution is 2.26. The van der Waals surface area contributed by atoms with Gasteiger partial charge in [0, 0.05) is 19.3 Å². The Bertz CT molecular complexity index is 324. The van der Waals surface area contributed by atoms with Crippen LogP contribution in [0.25, 0.3) is 0 Å². The summed E-state index contributed by atoms with van der Waals surface area (Å²) in [6, 6.07) is 6.69. The molecule has 16 heavy (non-hydrogen) atoms. The number of anilines is 1. The van der Waals surface area contributed by atoms with E-state index in [9.17, 15) is 0 Å². The van der Waals surface area contributed by atoms with Crippen molar-refractivity contribution in [2.24, 2.45) is 5.73 Å². The lowest BCUT2D eigenvalue weighted by Gasteiger charge is -2.11. The van der Waals surface area contributed by atoms with E-state index in [4.69, 9.17) is 4.79 Å². The molecule has 90 valence electrons. The number of benzene rings is 1. The first-order chi connectivity index (χ1) is 7.69. The van der Waals surface area contributed by atoms with E-state index in [2.05, 4.69) is 42.8 Å². The Balaban J connectivity index is 0.000000394. The number of carbonyl (C=O) groups excluding carboxylic acids is 1. The molecule has 2 rings (SSSR count). The highest BCUT2D eigenvalue weighted by Gasteiger charge is 2.14. The van der Waals surface area contributed by atoms with E-state index >= 15 is 0 Å². The zero-order chi connectivity index (χ0) is 12.6. The SMILES string of the molecule is CC.Cc1ccc2c(c1)CCN2C.NC=O. The summed E-state index contributed by atoms with van der Waals surface area (Å²) in [6.07, 6.45) is 1.47. The van der Waals surface area contributed by atoms with Gasteiger partial charge in [0.25, 0.3) is 0 Å². The number of aryl methyl sites for hydroxylation is 1. The second-order valence-corrected chi connectivity index (χ2v) is 3.44. The lowest BCUT2D eigenvalue weighted by molar-refractivity contribution is -0.106. The molecular formula is C13H22N2O. The number of nitrogens with zero attached hydrogens (tertiary/aromatic N) is 1. The topological polar surface area (TPSA) is 46.3 Å². The molecule has 0 unspecified atom stereocenters. The molecule has 1 aromatic rings. The maximum atomic E-state index is 8.58. The molecule has 0 aromatic heterocycles. The van der Waals surface area contributed by atoms with Crippen LogP contribution in [0.5, 0.6) is 0 Å². The molecule has 1 aliphatic heterocycles. The molecule has 3 nitrogen and oxygen atoms in total. The molecule has 0 aliphatic carbocycles. The normalized spacial score (nSPS) is 11.6. The van der Waals surface area contributed by atoms with E-state index in [-0.39, 0.29) is 6.41 Å². The third-order valence-corrected chi connectivity index (χ3v) is 2.36. The van der Waals surface area contributed by atoms with Crippen LogP contribution in [-0.2, 0) is 11.2 Å². The van der Waals surface area contributed by atoms with Gasteiger partial charge in [0.05, 0.1) is 0 Å². The number of hydrogen-bond donors (Lipinski definition) is 1. The third kappa shape index (κ3) is 3.93. The van der Waals surface area contributed by atoms with Gasteiger partial charge in [-0.25, -0.2) is 0 Å². The molecule has 0 spiro atoms. The monoisotopic (exact) mass is 222 g/mol. The molecular weight excluding hydrogens is 200 g/mol. The quantitative estimate of drug-likeness (QED) is 0.683. The Morgan fingerprint density at radius 1 is 1.38 bits per heavy atom. The van der Waals surface area contributed by atoms with E-state index < -0.39 is 0 Å².